The first kappa shape index (κ1) is 15.3. The molecule has 6 heteroatoms. The molecule has 0 atom stereocenters. The molecule has 110 valence electrons. The predicted octanol–water partition coefficient (Wildman–Crippen LogP) is 4.40. The Labute approximate surface area is 125 Å². The molecule has 0 radical (unpaired) electrons. The van der Waals surface area contributed by atoms with E-state index in [1.165, 1.54) is 36.4 Å². The van der Waals surface area contributed by atoms with Crippen LogP contribution in [0.3, 0.4) is 0 Å². The van der Waals surface area contributed by atoms with Gasteiger partial charge in [-0.25, -0.2) is 8.78 Å². The summed E-state index contributed by atoms with van der Waals surface area (Å²) in [6.07, 6.45) is 0. The van der Waals surface area contributed by atoms with Gasteiger partial charge < -0.3 is 9.94 Å². The highest BCUT2D eigenvalue weighted by Crippen LogP contribution is 2.23. The summed E-state index contributed by atoms with van der Waals surface area (Å²) in [6.45, 7) is 1.64. The van der Waals surface area contributed by atoms with E-state index in [2.05, 4.69) is 5.16 Å². The molecule has 0 saturated heterocycles. The second-order valence-corrected chi connectivity index (χ2v) is 4.77. The van der Waals surface area contributed by atoms with Crippen molar-refractivity contribution in [2.24, 2.45) is 5.16 Å². The van der Waals surface area contributed by atoms with Crippen LogP contribution in [-0.2, 0) is 6.61 Å². The van der Waals surface area contributed by atoms with Gasteiger partial charge >= 0.3 is 0 Å². The first-order valence-corrected chi connectivity index (χ1v) is 6.44. The van der Waals surface area contributed by atoms with Crippen LogP contribution >= 0.6 is 11.6 Å². The van der Waals surface area contributed by atoms with Crippen molar-refractivity contribution in [1.29, 1.82) is 0 Å². The van der Waals surface area contributed by atoms with Crippen molar-refractivity contribution >= 4 is 17.3 Å². The molecule has 0 unspecified atom stereocenters. The van der Waals surface area contributed by atoms with Crippen LogP contribution in [0.2, 0.25) is 5.02 Å². The van der Waals surface area contributed by atoms with Crippen molar-refractivity contribution in [3.8, 4) is 5.75 Å². The van der Waals surface area contributed by atoms with Crippen molar-refractivity contribution in [3.05, 3.63) is 64.2 Å². The van der Waals surface area contributed by atoms with Crippen LogP contribution in [0.25, 0.3) is 0 Å². The third-order valence-corrected chi connectivity index (χ3v) is 3.15. The zero-order valence-electron chi connectivity index (χ0n) is 11.1. The lowest BCUT2D eigenvalue weighted by Gasteiger charge is -2.11. The van der Waals surface area contributed by atoms with Crippen molar-refractivity contribution in [1.82, 2.24) is 0 Å². The monoisotopic (exact) mass is 311 g/mol. The lowest BCUT2D eigenvalue weighted by Crippen LogP contribution is -2.03. The Morgan fingerprint density at radius 2 is 2.00 bits per heavy atom. The predicted molar refractivity (Wildman–Crippen MR) is 76.1 cm³/mol. The minimum absolute atomic E-state index is 0.0105. The summed E-state index contributed by atoms with van der Waals surface area (Å²) < 4.78 is 31.9. The van der Waals surface area contributed by atoms with E-state index in [1.807, 2.05) is 0 Å². The van der Waals surface area contributed by atoms with Crippen LogP contribution in [-0.4, -0.2) is 10.9 Å². The van der Waals surface area contributed by atoms with Gasteiger partial charge in [0.2, 0.25) is 0 Å². The highest BCUT2D eigenvalue weighted by atomic mass is 35.5. The largest absolute Gasteiger partial charge is 0.488 e. The van der Waals surface area contributed by atoms with Crippen LogP contribution in [0, 0.1) is 11.6 Å². The number of hydrogen-bond donors (Lipinski definition) is 1. The van der Waals surface area contributed by atoms with Crippen LogP contribution in [0.4, 0.5) is 8.78 Å². The maximum absolute atomic E-state index is 13.3. The van der Waals surface area contributed by atoms with Crippen molar-refractivity contribution in [2.75, 3.05) is 0 Å². The summed E-state index contributed by atoms with van der Waals surface area (Å²) in [7, 11) is 0. The Balaban J connectivity index is 2.22. The minimum Gasteiger partial charge on any atom is -0.488 e. The number of rotatable bonds is 4. The van der Waals surface area contributed by atoms with Crippen LogP contribution in [0.1, 0.15) is 18.1 Å². The molecule has 21 heavy (non-hydrogen) atoms. The highest BCUT2D eigenvalue weighted by molar-refractivity contribution is 6.30. The lowest BCUT2D eigenvalue weighted by atomic mass is 10.1. The fourth-order valence-electron chi connectivity index (χ4n) is 1.76. The third kappa shape index (κ3) is 3.70. The average Bonchev–Trinajstić information content (AvgIpc) is 2.48. The van der Waals surface area contributed by atoms with E-state index in [0.29, 0.717) is 16.8 Å². The maximum Gasteiger partial charge on any atom is 0.141 e. The van der Waals surface area contributed by atoms with Gasteiger partial charge in [0.15, 0.2) is 0 Å². The molecule has 2 aromatic carbocycles. The summed E-state index contributed by atoms with van der Waals surface area (Å²) in [5, 5.41) is 11.9. The summed E-state index contributed by atoms with van der Waals surface area (Å²) in [5.41, 5.74) is 1.39. The summed E-state index contributed by atoms with van der Waals surface area (Å²) in [5.74, 6) is -0.766. The highest BCUT2D eigenvalue weighted by Gasteiger charge is 2.10. The molecule has 0 aliphatic rings. The molecule has 0 fully saturated rings. The van der Waals surface area contributed by atoms with Gasteiger partial charge in [0.05, 0.1) is 10.7 Å². The lowest BCUT2D eigenvalue weighted by molar-refractivity contribution is 0.301. The van der Waals surface area contributed by atoms with Gasteiger partial charge in [-0.2, -0.15) is 0 Å². The molecule has 0 aliphatic heterocycles. The van der Waals surface area contributed by atoms with Crippen LogP contribution in [0.5, 0.6) is 5.75 Å². The topological polar surface area (TPSA) is 41.8 Å². The van der Waals surface area contributed by atoms with E-state index >= 15 is 0 Å². The average molecular weight is 312 g/mol. The van der Waals surface area contributed by atoms with E-state index in [-0.39, 0.29) is 17.4 Å². The van der Waals surface area contributed by atoms with Gasteiger partial charge in [0.25, 0.3) is 0 Å². The Kier molecular flexibility index (Phi) is 4.75. The summed E-state index contributed by atoms with van der Waals surface area (Å²) in [4.78, 5) is 0. The fraction of sp³-hybridized carbons (Fsp3) is 0.133. The smallest absolute Gasteiger partial charge is 0.141 e. The number of nitrogens with zero attached hydrogens (tertiary/aromatic N) is 1. The first-order chi connectivity index (χ1) is 10.0. The van der Waals surface area contributed by atoms with Crippen LogP contribution < -0.4 is 4.74 Å². The van der Waals surface area contributed by atoms with Crippen LogP contribution in [0.15, 0.2) is 41.6 Å². The van der Waals surface area contributed by atoms with Crippen molar-refractivity contribution in [2.45, 2.75) is 13.5 Å². The number of ether oxygens (including phenoxy) is 1. The molecular formula is C15H12ClF2NO2. The van der Waals surface area contributed by atoms with E-state index in [0.717, 1.165) is 0 Å². The molecule has 0 bridgehead atoms. The SMILES string of the molecule is C/C(=N/O)c1ccc(F)cc1OCc1ccc(F)c(Cl)c1. The van der Waals surface area contributed by atoms with E-state index in [9.17, 15) is 8.78 Å². The molecule has 0 aromatic heterocycles. The number of hydrogen-bond acceptors (Lipinski definition) is 3. The summed E-state index contributed by atoms with van der Waals surface area (Å²) >= 11 is 5.68. The van der Waals surface area contributed by atoms with Gasteiger partial charge in [0, 0.05) is 11.6 Å². The van der Waals surface area contributed by atoms with Gasteiger partial charge in [-0.15, -0.1) is 0 Å². The molecule has 1 N–H and O–H groups in total. The van der Waals surface area contributed by atoms with Crippen molar-refractivity contribution < 1.29 is 18.7 Å². The number of oxime groups is 1. The maximum atomic E-state index is 13.3. The zero-order valence-corrected chi connectivity index (χ0v) is 11.9. The molecule has 0 spiro atoms. The number of halogens is 3. The Bertz CT molecular complexity index is 689. The number of benzene rings is 2. The molecule has 0 amide bonds. The van der Waals surface area contributed by atoms with E-state index < -0.39 is 11.6 Å². The second kappa shape index (κ2) is 6.54. The van der Waals surface area contributed by atoms with E-state index in [4.69, 9.17) is 21.5 Å². The standard InChI is InChI=1S/C15H12ClF2NO2/c1-9(19-20)12-4-3-11(17)7-15(12)21-8-10-2-5-14(18)13(16)6-10/h2-7,20H,8H2,1H3/b19-9-. The molecule has 0 heterocycles. The van der Waals surface area contributed by atoms with E-state index in [1.54, 1.807) is 6.92 Å². The van der Waals surface area contributed by atoms with Gasteiger partial charge in [-0.1, -0.05) is 22.8 Å². The van der Waals surface area contributed by atoms with Gasteiger partial charge in [-0.05, 0) is 36.8 Å². The second-order valence-electron chi connectivity index (χ2n) is 4.36. The molecule has 2 aromatic rings. The quantitative estimate of drug-likeness (QED) is 0.517. The zero-order chi connectivity index (χ0) is 15.4. The third-order valence-electron chi connectivity index (χ3n) is 2.86. The summed E-state index contributed by atoms with van der Waals surface area (Å²) in [6, 6.07) is 8.07. The molecular weight excluding hydrogens is 300 g/mol. The van der Waals surface area contributed by atoms with Crippen molar-refractivity contribution in [3.63, 3.8) is 0 Å². The normalized spacial score (nSPS) is 11.5. The molecule has 3 nitrogen and oxygen atoms in total. The minimum atomic E-state index is -0.518. The molecule has 2 rings (SSSR count). The first-order valence-electron chi connectivity index (χ1n) is 6.06. The Morgan fingerprint density at radius 3 is 2.67 bits per heavy atom. The molecule has 0 aliphatic carbocycles. The fourth-order valence-corrected chi connectivity index (χ4v) is 1.96. The Hall–Kier alpha value is -2.14. The molecule has 0 saturated carbocycles. The van der Waals surface area contributed by atoms with Gasteiger partial charge in [-0.3, -0.25) is 0 Å². The Morgan fingerprint density at radius 1 is 1.24 bits per heavy atom. The van der Waals surface area contributed by atoms with Gasteiger partial charge in [0.1, 0.15) is 24.0 Å².